The number of ether oxygens (including phenoxy) is 1. The summed E-state index contributed by atoms with van der Waals surface area (Å²) in [7, 11) is 1.62. The summed E-state index contributed by atoms with van der Waals surface area (Å²) in [6, 6.07) is 20.4. The van der Waals surface area contributed by atoms with E-state index in [1.54, 1.807) is 7.11 Å². The van der Waals surface area contributed by atoms with Crippen LogP contribution in [0, 0.1) is 27.7 Å². The fourth-order valence-corrected chi connectivity index (χ4v) is 5.92. The minimum Gasteiger partial charge on any atom is -0.495 e. The van der Waals surface area contributed by atoms with Gasteiger partial charge in [0.15, 0.2) is 5.11 Å². The second-order valence-corrected chi connectivity index (χ2v) is 10.1. The first-order valence-corrected chi connectivity index (χ1v) is 12.7. The number of pyridine rings is 1. The van der Waals surface area contributed by atoms with E-state index in [2.05, 4.69) is 71.7 Å². The Morgan fingerprint density at radius 3 is 2.33 bits per heavy atom. The van der Waals surface area contributed by atoms with Crippen LogP contribution in [0.1, 0.15) is 45.9 Å². The van der Waals surface area contributed by atoms with Crippen molar-refractivity contribution in [2.24, 2.45) is 0 Å². The van der Waals surface area contributed by atoms with Gasteiger partial charge in [0.2, 0.25) is 0 Å². The summed E-state index contributed by atoms with van der Waals surface area (Å²) in [6.45, 7) is 8.60. The molecule has 0 spiro atoms. The molecule has 184 valence electrons. The molecule has 1 aliphatic heterocycles. The zero-order valence-electron chi connectivity index (χ0n) is 21.0. The molecule has 1 fully saturated rings. The Morgan fingerprint density at radius 2 is 1.69 bits per heavy atom. The van der Waals surface area contributed by atoms with Crippen LogP contribution in [-0.2, 0) is 0 Å². The van der Waals surface area contributed by atoms with E-state index >= 15 is 0 Å². The number of nitrogens with zero attached hydrogens (tertiary/aromatic N) is 3. The Morgan fingerprint density at radius 1 is 0.944 bits per heavy atom. The average Bonchev–Trinajstić information content (AvgIpc) is 3.34. The fraction of sp³-hybridized carbons (Fsp3) is 0.241. The number of benzene rings is 2. The van der Waals surface area contributed by atoms with Gasteiger partial charge >= 0.3 is 0 Å². The van der Waals surface area contributed by atoms with Crippen LogP contribution >= 0.6 is 23.8 Å². The Labute approximate surface area is 222 Å². The standard InChI is InChI=1S/C29H29ClN4OS/c1-17-12-18(2)14-22(13-17)33-19(3)15-23(20(33)4)28-27(25-8-6-7-11-31-25)32-29(36)34(28)21-9-10-26(35-5)24(30)16-21/h6-16,27-28H,1-5H3,(H,32,36)/t27-,28-/m1/s1. The van der Waals surface area contributed by atoms with Gasteiger partial charge in [-0.3, -0.25) is 4.98 Å². The number of halogens is 1. The van der Waals surface area contributed by atoms with Crippen molar-refractivity contribution in [3.05, 3.63) is 106 Å². The molecule has 5 rings (SSSR count). The molecule has 2 aromatic heterocycles. The Balaban J connectivity index is 1.69. The molecule has 1 saturated heterocycles. The minimum atomic E-state index is -0.132. The summed E-state index contributed by atoms with van der Waals surface area (Å²) in [4.78, 5) is 6.83. The van der Waals surface area contributed by atoms with Gasteiger partial charge in [-0.2, -0.15) is 0 Å². The monoisotopic (exact) mass is 516 g/mol. The molecule has 4 aromatic rings. The van der Waals surface area contributed by atoms with Gasteiger partial charge < -0.3 is 19.5 Å². The molecule has 0 saturated carbocycles. The van der Waals surface area contributed by atoms with Crippen molar-refractivity contribution in [1.82, 2.24) is 14.9 Å². The summed E-state index contributed by atoms with van der Waals surface area (Å²) < 4.78 is 7.71. The largest absolute Gasteiger partial charge is 0.495 e. The van der Waals surface area contributed by atoms with E-state index in [1.165, 1.54) is 22.4 Å². The zero-order valence-corrected chi connectivity index (χ0v) is 22.6. The van der Waals surface area contributed by atoms with E-state index in [0.717, 1.165) is 22.8 Å². The molecular formula is C29H29ClN4OS. The molecule has 5 nitrogen and oxygen atoms in total. The molecule has 7 heteroatoms. The number of hydrogen-bond donors (Lipinski definition) is 1. The first kappa shape index (κ1) is 24.3. The fourth-order valence-electron chi connectivity index (χ4n) is 5.32. The van der Waals surface area contributed by atoms with Crippen molar-refractivity contribution >= 4 is 34.6 Å². The highest BCUT2D eigenvalue weighted by atomic mass is 35.5. The molecule has 2 aromatic carbocycles. The maximum atomic E-state index is 6.54. The minimum absolute atomic E-state index is 0.122. The van der Waals surface area contributed by atoms with Crippen LogP contribution in [0.4, 0.5) is 5.69 Å². The lowest BCUT2D eigenvalue weighted by molar-refractivity contribution is 0.415. The van der Waals surface area contributed by atoms with Crippen molar-refractivity contribution < 1.29 is 4.74 Å². The second-order valence-electron chi connectivity index (χ2n) is 9.32. The van der Waals surface area contributed by atoms with E-state index < -0.39 is 0 Å². The predicted octanol–water partition coefficient (Wildman–Crippen LogP) is 6.95. The lowest BCUT2D eigenvalue weighted by Gasteiger charge is -2.28. The number of hydrogen-bond acceptors (Lipinski definition) is 3. The molecule has 1 N–H and O–H groups in total. The lowest BCUT2D eigenvalue weighted by atomic mass is 9.96. The molecule has 0 aliphatic carbocycles. The molecule has 3 heterocycles. The van der Waals surface area contributed by atoms with Gasteiger partial charge in [0.25, 0.3) is 0 Å². The maximum absolute atomic E-state index is 6.54. The number of thiocarbonyl (C=S) groups is 1. The first-order chi connectivity index (χ1) is 17.3. The van der Waals surface area contributed by atoms with Crippen LogP contribution in [0.15, 0.2) is 66.9 Å². The van der Waals surface area contributed by atoms with Gasteiger partial charge in [-0.15, -0.1) is 0 Å². The van der Waals surface area contributed by atoms with E-state index in [-0.39, 0.29) is 12.1 Å². The van der Waals surface area contributed by atoms with Gasteiger partial charge in [0.1, 0.15) is 5.75 Å². The zero-order chi connectivity index (χ0) is 25.6. The average molecular weight is 517 g/mol. The number of aryl methyl sites for hydroxylation is 3. The molecular weight excluding hydrogens is 488 g/mol. The van der Waals surface area contributed by atoms with Gasteiger partial charge in [-0.1, -0.05) is 23.7 Å². The number of nitrogens with one attached hydrogen (secondary N) is 1. The third-order valence-electron chi connectivity index (χ3n) is 6.77. The molecule has 0 unspecified atom stereocenters. The highest BCUT2D eigenvalue weighted by Crippen LogP contribution is 2.45. The van der Waals surface area contributed by atoms with Crippen molar-refractivity contribution in [1.29, 1.82) is 0 Å². The number of methoxy groups -OCH3 is 1. The topological polar surface area (TPSA) is 42.3 Å². The van der Waals surface area contributed by atoms with Crippen LogP contribution in [0.5, 0.6) is 5.75 Å². The number of anilines is 1. The van der Waals surface area contributed by atoms with Gasteiger partial charge in [-0.05, 0) is 105 Å². The quantitative estimate of drug-likeness (QED) is 0.291. The van der Waals surface area contributed by atoms with Crippen LogP contribution in [-0.4, -0.2) is 21.8 Å². The highest BCUT2D eigenvalue weighted by Gasteiger charge is 2.42. The Bertz CT molecular complexity index is 1430. The first-order valence-electron chi connectivity index (χ1n) is 11.9. The van der Waals surface area contributed by atoms with E-state index in [4.69, 9.17) is 28.6 Å². The van der Waals surface area contributed by atoms with Crippen LogP contribution in [0.3, 0.4) is 0 Å². The summed E-state index contributed by atoms with van der Waals surface area (Å²) in [5.74, 6) is 0.629. The SMILES string of the molecule is COc1ccc(N2C(=S)N[C@H](c3ccccn3)[C@H]2c2cc(C)n(-c3cc(C)cc(C)c3)c2C)cc1Cl. The smallest absolute Gasteiger partial charge is 0.174 e. The summed E-state index contributed by atoms with van der Waals surface area (Å²) in [5.41, 5.74) is 8.99. The van der Waals surface area contributed by atoms with Gasteiger partial charge in [0, 0.05) is 29.0 Å². The van der Waals surface area contributed by atoms with Crippen molar-refractivity contribution in [2.45, 2.75) is 39.8 Å². The van der Waals surface area contributed by atoms with E-state index in [0.29, 0.717) is 15.9 Å². The summed E-state index contributed by atoms with van der Waals surface area (Å²) in [5, 5.41) is 4.71. The van der Waals surface area contributed by atoms with E-state index in [1.807, 2.05) is 42.6 Å². The second kappa shape index (κ2) is 9.60. The normalized spacial score (nSPS) is 17.4. The third-order valence-corrected chi connectivity index (χ3v) is 7.38. The summed E-state index contributed by atoms with van der Waals surface area (Å²) >= 11 is 12.4. The lowest BCUT2D eigenvalue weighted by Crippen LogP contribution is -2.29. The van der Waals surface area contributed by atoms with Crippen molar-refractivity contribution in [3.8, 4) is 11.4 Å². The molecule has 0 radical (unpaired) electrons. The van der Waals surface area contributed by atoms with Crippen LogP contribution in [0.2, 0.25) is 5.02 Å². The third kappa shape index (κ3) is 4.25. The Hall–Kier alpha value is -3.35. The molecule has 2 atom stereocenters. The highest BCUT2D eigenvalue weighted by molar-refractivity contribution is 7.80. The van der Waals surface area contributed by atoms with Crippen LogP contribution < -0.4 is 15.0 Å². The molecule has 36 heavy (non-hydrogen) atoms. The molecule has 1 aliphatic rings. The number of aromatic nitrogens is 2. The summed E-state index contributed by atoms with van der Waals surface area (Å²) in [6.07, 6.45) is 1.82. The van der Waals surface area contributed by atoms with Crippen molar-refractivity contribution in [3.63, 3.8) is 0 Å². The molecule has 0 amide bonds. The van der Waals surface area contributed by atoms with E-state index in [9.17, 15) is 0 Å². The Kier molecular flexibility index (Phi) is 6.49. The van der Waals surface area contributed by atoms with Gasteiger partial charge in [0.05, 0.1) is 29.9 Å². The number of rotatable bonds is 5. The van der Waals surface area contributed by atoms with Gasteiger partial charge in [-0.25, -0.2) is 0 Å². The predicted molar refractivity (Wildman–Crippen MR) is 151 cm³/mol. The van der Waals surface area contributed by atoms with Crippen LogP contribution in [0.25, 0.3) is 5.69 Å². The van der Waals surface area contributed by atoms with Crippen molar-refractivity contribution in [2.75, 3.05) is 12.0 Å². The molecule has 0 bridgehead atoms. The maximum Gasteiger partial charge on any atom is 0.174 e.